The van der Waals surface area contributed by atoms with E-state index in [0.29, 0.717) is 5.92 Å². The summed E-state index contributed by atoms with van der Waals surface area (Å²) in [6, 6.07) is 1.73. The molecule has 20 heavy (non-hydrogen) atoms. The molecule has 1 amide bonds. The van der Waals surface area contributed by atoms with Crippen LogP contribution in [-0.4, -0.2) is 17.5 Å². The Labute approximate surface area is 114 Å². The lowest BCUT2D eigenvalue weighted by Crippen LogP contribution is -2.18. The van der Waals surface area contributed by atoms with Crippen LogP contribution in [0.25, 0.3) is 0 Å². The monoisotopic (exact) mass is 288 g/mol. The summed E-state index contributed by atoms with van der Waals surface area (Å²) in [5.74, 6) is -0.890. The summed E-state index contributed by atoms with van der Waals surface area (Å²) < 4.78 is 43.1. The second kappa shape index (κ2) is 5.68. The van der Waals surface area contributed by atoms with E-state index in [9.17, 15) is 18.0 Å². The van der Waals surface area contributed by atoms with E-state index in [-0.39, 0.29) is 18.1 Å². The van der Waals surface area contributed by atoms with Crippen LogP contribution in [0.1, 0.15) is 41.7 Å². The van der Waals surface area contributed by atoms with Crippen LogP contribution in [0.3, 0.4) is 0 Å². The number of ether oxygens (including phenoxy) is 1. The lowest BCUT2D eigenvalue weighted by Gasteiger charge is -2.14. The summed E-state index contributed by atoms with van der Waals surface area (Å²) >= 11 is 0. The molecule has 1 aliphatic carbocycles. The largest absolute Gasteiger partial charge is 0.477 e. The molecule has 0 atom stereocenters. The van der Waals surface area contributed by atoms with Crippen molar-refractivity contribution in [2.45, 2.75) is 31.9 Å². The molecule has 2 N–H and O–H groups in total. The maximum atomic E-state index is 12.6. The molecule has 1 aromatic heterocycles. The Morgan fingerprint density at radius 1 is 1.35 bits per heavy atom. The maximum absolute atomic E-state index is 12.6. The normalized spacial score (nSPS) is 16.4. The van der Waals surface area contributed by atoms with E-state index in [1.165, 1.54) is 0 Å². The topological polar surface area (TPSA) is 65.2 Å². The maximum Gasteiger partial charge on any atom is 0.433 e. The molecular weight excluding hydrogens is 273 g/mol. The number of nitrogens with two attached hydrogens (primary N) is 1. The zero-order valence-electron chi connectivity index (χ0n) is 10.7. The molecule has 0 radical (unpaired) electrons. The van der Waals surface area contributed by atoms with Crippen molar-refractivity contribution in [3.8, 4) is 5.88 Å². The summed E-state index contributed by atoms with van der Waals surface area (Å²) in [5, 5.41) is 0. The average Bonchev–Trinajstić information content (AvgIpc) is 2.87. The molecule has 0 bridgehead atoms. The van der Waals surface area contributed by atoms with Crippen LogP contribution in [-0.2, 0) is 6.18 Å². The zero-order valence-corrected chi connectivity index (χ0v) is 10.7. The molecule has 110 valence electrons. The van der Waals surface area contributed by atoms with Gasteiger partial charge >= 0.3 is 6.18 Å². The number of aromatic nitrogens is 1. The number of hydrogen-bond donors (Lipinski definition) is 1. The SMILES string of the molecule is NC(=O)c1ccc(C(F)(F)F)nc1OCC1CCCC1. The molecule has 1 heterocycles. The van der Waals surface area contributed by atoms with Crippen molar-refractivity contribution < 1.29 is 22.7 Å². The van der Waals surface area contributed by atoms with Gasteiger partial charge in [-0.1, -0.05) is 12.8 Å². The molecular formula is C13H15F3N2O2. The number of carbonyl (C=O) groups is 1. The number of primary amides is 1. The third-order valence-electron chi connectivity index (χ3n) is 3.35. The molecule has 1 saturated carbocycles. The van der Waals surface area contributed by atoms with Gasteiger partial charge in [-0.3, -0.25) is 4.79 Å². The Bertz CT molecular complexity index is 497. The van der Waals surface area contributed by atoms with Gasteiger partial charge < -0.3 is 10.5 Å². The second-order valence-electron chi connectivity index (χ2n) is 4.87. The van der Waals surface area contributed by atoms with Gasteiger partial charge in [-0.15, -0.1) is 0 Å². The van der Waals surface area contributed by atoms with Gasteiger partial charge in [0.05, 0.1) is 6.61 Å². The van der Waals surface area contributed by atoms with E-state index in [1.807, 2.05) is 0 Å². The van der Waals surface area contributed by atoms with E-state index in [0.717, 1.165) is 37.8 Å². The number of nitrogens with zero attached hydrogens (tertiary/aromatic N) is 1. The minimum atomic E-state index is -4.58. The number of pyridine rings is 1. The van der Waals surface area contributed by atoms with Gasteiger partial charge in [0.25, 0.3) is 5.91 Å². The van der Waals surface area contributed by atoms with E-state index in [4.69, 9.17) is 10.5 Å². The third kappa shape index (κ3) is 3.40. The Kier molecular flexibility index (Phi) is 4.15. The van der Waals surface area contributed by atoms with E-state index >= 15 is 0 Å². The van der Waals surface area contributed by atoms with Crippen LogP contribution in [0, 0.1) is 5.92 Å². The third-order valence-corrected chi connectivity index (χ3v) is 3.35. The molecule has 0 aromatic carbocycles. The summed E-state index contributed by atoms with van der Waals surface area (Å²) in [4.78, 5) is 14.6. The molecule has 0 saturated heterocycles. The first-order valence-corrected chi connectivity index (χ1v) is 6.39. The molecule has 7 heteroatoms. The second-order valence-corrected chi connectivity index (χ2v) is 4.87. The highest BCUT2D eigenvalue weighted by Gasteiger charge is 2.34. The summed E-state index contributed by atoms with van der Waals surface area (Å²) in [7, 11) is 0. The highest BCUT2D eigenvalue weighted by Crippen LogP contribution is 2.31. The Morgan fingerprint density at radius 2 is 2.00 bits per heavy atom. The minimum Gasteiger partial charge on any atom is -0.477 e. The van der Waals surface area contributed by atoms with Gasteiger partial charge in [0.1, 0.15) is 11.3 Å². The smallest absolute Gasteiger partial charge is 0.433 e. The molecule has 1 aromatic rings. The Hall–Kier alpha value is -1.79. The number of halogens is 3. The highest BCUT2D eigenvalue weighted by molar-refractivity contribution is 5.95. The van der Waals surface area contributed by atoms with Gasteiger partial charge in [0.2, 0.25) is 5.88 Å². The first kappa shape index (κ1) is 14.6. The average molecular weight is 288 g/mol. The number of alkyl halides is 3. The van der Waals surface area contributed by atoms with Gasteiger partial charge in [0, 0.05) is 0 Å². The number of rotatable bonds is 4. The fourth-order valence-corrected chi connectivity index (χ4v) is 2.27. The summed E-state index contributed by atoms with van der Waals surface area (Å²) in [5.41, 5.74) is 3.89. The lowest BCUT2D eigenvalue weighted by molar-refractivity contribution is -0.141. The molecule has 0 aliphatic heterocycles. The van der Waals surface area contributed by atoms with Gasteiger partial charge in [-0.25, -0.2) is 4.98 Å². The number of carbonyl (C=O) groups excluding carboxylic acids is 1. The van der Waals surface area contributed by atoms with Crippen LogP contribution in [0.5, 0.6) is 5.88 Å². The fourth-order valence-electron chi connectivity index (χ4n) is 2.27. The molecule has 0 spiro atoms. The Morgan fingerprint density at radius 3 is 2.55 bits per heavy atom. The number of hydrogen-bond acceptors (Lipinski definition) is 3. The molecule has 2 rings (SSSR count). The fraction of sp³-hybridized carbons (Fsp3) is 0.538. The lowest BCUT2D eigenvalue weighted by atomic mass is 10.1. The minimum absolute atomic E-state index is 0.129. The van der Waals surface area contributed by atoms with Gasteiger partial charge in [0.15, 0.2) is 0 Å². The predicted octanol–water partition coefficient (Wildman–Crippen LogP) is 2.77. The van der Waals surface area contributed by atoms with Crippen molar-refractivity contribution in [2.75, 3.05) is 6.61 Å². The highest BCUT2D eigenvalue weighted by atomic mass is 19.4. The predicted molar refractivity (Wildman–Crippen MR) is 65.2 cm³/mol. The molecule has 1 fully saturated rings. The van der Waals surface area contributed by atoms with Gasteiger partial charge in [-0.2, -0.15) is 13.2 Å². The van der Waals surface area contributed by atoms with E-state index in [1.54, 1.807) is 0 Å². The van der Waals surface area contributed by atoms with Crippen LogP contribution in [0.4, 0.5) is 13.2 Å². The van der Waals surface area contributed by atoms with Crippen LogP contribution in [0.2, 0.25) is 0 Å². The van der Waals surface area contributed by atoms with Crippen molar-refractivity contribution in [3.63, 3.8) is 0 Å². The van der Waals surface area contributed by atoms with E-state index < -0.39 is 17.8 Å². The summed E-state index contributed by atoms with van der Waals surface area (Å²) in [6.07, 6.45) is -0.448. The molecule has 4 nitrogen and oxygen atoms in total. The Balaban J connectivity index is 2.20. The van der Waals surface area contributed by atoms with Crippen LogP contribution >= 0.6 is 0 Å². The van der Waals surface area contributed by atoms with Crippen molar-refractivity contribution >= 4 is 5.91 Å². The summed E-state index contributed by atoms with van der Waals surface area (Å²) in [6.45, 7) is 0.259. The first-order valence-electron chi connectivity index (χ1n) is 6.39. The number of amides is 1. The van der Waals surface area contributed by atoms with Crippen molar-refractivity contribution in [1.29, 1.82) is 0 Å². The van der Waals surface area contributed by atoms with Crippen molar-refractivity contribution in [2.24, 2.45) is 11.7 Å². The first-order chi connectivity index (χ1) is 9.38. The quantitative estimate of drug-likeness (QED) is 0.926. The molecule has 1 aliphatic rings. The zero-order chi connectivity index (χ0) is 14.8. The van der Waals surface area contributed by atoms with Crippen LogP contribution < -0.4 is 10.5 Å². The molecule has 0 unspecified atom stereocenters. The van der Waals surface area contributed by atoms with Crippen molar-refractivity contribution in [1.82, 2.24) is 4.98 Å². The van der Waals surface area contributed by atoms with E-state index in [2.05, 4.69) is 4.98 Å². The standard InChI is InChI=1S/C13H15F3N2O2/c14-13(15,16)10-6-5-9(11(17)19)12(18-10)20-7-8-3-1-2-4-8/h5-6,8H,1-4,7H2,(H2,17,19). The van der Waals surface area contributed by atoms with Gasteiger partial charge in [-0.05, 0) is 30.9 Å². The van der Waals surface area contributed by atoms with Crippen molar-refractivity contribution in [3.05, 3.63) is 23.4 Å². The van der Waals surface area contributed by atoms with Crippen LogP contribution in [0.15, 0.2) is 12.1 Å².